The Morgan fingerprint density at radius 1 is 1.19 bits per heavy atom. The molecule has 1 aromatic heterocycles. The molecular weight excluding hydrogens is 452 g/mol. The molecular formula is C21H23ClN6O3S. The van der Waals surface area contributed by atoms with E-state index in [0.717, 1.165) is 11.5 Å². The molecule has 1 heterocycles. The largest absolute Gasteiger partial charge is 0.325 e. The number of non-ortho nitro benzene ring substituents is 1. The number of hydrogen-bond donors (Lipinski definition) is 1. The molecule has 0 saturated carbocycles. The van der Waals surface area contributed by atoms with Gasteiger partial charge in [-0.15, -0.1) is 10.2 Å². The normalized spacial score (nSPS) is 13.1. The molecule has 2 atom stereocenters. The lowest BCUT2D eigenvalue weighted by Crippen LogP contribution is -2.23. The van der Waals surface area contributed by atoms with E-state index in [9.17, 15) is 14.9 Å². The first kappa shape index (κ1) is 23.7. The van der Waals surface area contributed by atoms with Crippen LogP contribution in [-0.2, 0) is 4.79 Å². The second-order valence-electron chi connectivity index (χ2n) is 7.35. The fraction of sp³-hybridized carbons (Fsp3) is 0.286. The summed E-state index contributed by atoms with van der Waals surface area (Å²) >= 11 is 7.30. The molecule has 0 aliphatic heterocycles. The maximum atomic E-state index is 12.8. The van der Waals surface area contributed by atoms with Gasteiger partial charge in [0.1, 0.15) is 0 Å². The Morgan fingerprint density at radius 3 is 2.50 bits per heavy atom. The van der Waals surface area contributed by atoms with Gasteiger partial charge in [-0.25, -0.2) is 0 Å². The monoisotopic (exact) mass is 474 g/mol. The SMILES string of the molecule is CC(Sc1nnc(C(C)N(C)C)n1-c1ccc(Cl)cc1)C(=O)Nc1cccc([N+](=O)[O-])c1. The highest BCUT2D eigenvalue weighted by atomic mass is 35.5. The molecule has 0 saturated heterocycles. The first-order chi connectivity index (χ1) is 15.2. The predicted molar refractivity (Wildman–Crippen MR) is 126 cm³/mol. The van der Waals surface area contributed by atoms with E-state index in [-0.39, 0.29) is 17.6 Å². The average molecular weight is 475 g/mol. The molecule has 3 rings (SSSR count). The molecule has 0 spiro atoms. The highest BCUT2D eigenvalue weighted by molar-refractivity contribution is 8.00. The molecule has 0 aliphatic carbocycles. The summed E-state index contributed by atoms with van der Waals surface area (Å²) in [5.74, 6) is 0.425. The smallest absolute Gasteiger partial charge is 0.271 e. The van der Waals surface area contributed by atoms with Gasteiger partial charge in [-0.3, -0.25) is 24.4 Å². The second kappa shape index (κ2) is 10.1. The Bertz CT molecular complexity index is 1120. The van der Waals surface area contributed by atoms with Gasteiger partial charge in [-0.2, -0.15) is 0 Å². The molecule has 1 amide bonds. The maximum absolute atomic E-state index is 12.8. The Hall–Kier alpha value is -2.95. The third-order valence-corrected chi connectivity index (χ3v) is 6.16. The Morgan fingerprint density at radius 2 is 1.88 bits per heavy atom. The number of nitro groups is 1. The first-order valence-electron chi connectivity index (χ1n) is 9.77. The Balaban J connectivity index is 1.86. The zero-order valence-electron chi connectivity index (χ0n) is 18.0. The predicted octanol–water partition coefficient (Wildman–Crippen LogP) is 4.57. The number of benzene rings is 2. The van der Waals surface area contributed by atoms with Crippen LogP contribution in [0.2, 0.25) is 5.02 Å². The molecule has 2 unspecified atom stereocenters. The number of nitrogens with zero attached hydrogens (tertiary/aromatic N) is 5. The van der Waals surface area contributed by atoms with Gasteiger partial charge in [-0.05, 0) is 58.3 Å². The number of anilines is 1. The summed E-state index contributed by atoms with van der Waals surface area (Å²) in [6.45, 7) is 3.76. The molecule has 0 bridgehead atoms. The minimum Gasteiger partial charge on any atom is -0.325 e. The van der Waals surface area contributed by atoms with E-state index in [0.29, 0.717) is 15.9 Å². The third-order valence-electron chi connectivity index (χ3n) is 4.87. The summed E-state index contributed by atoms with van der Waals surface area (Å²) in [7, 11) is 3.90. The summed E-state index contributed by atoms with van der Waals surface area (Å²) in [5, 5.41) is 23.0. The Kier molecular flexibility index (Phi) is 7.49. The van der Waals surface area contributed by atoms with Crippen LogP contribution in [0.15, 0.2) is 53.7 Å². The Labute approximate surface area is 194 Å². The molecule has 2 aromatic carbocycles. The first-order valence-corrected chi connectivity index (χ1v) is 11.0. The van der Waals surface area contributed by atoms with Gasteiger partial charge < -0.3 is 5.32 Å². The molecule has 32 heavy (non-hydrogen) atoms. The molecule has 0 fully saturated rings. The molecule has 0 radical (unpaired) electrons. The lowest BCUT2D eigenvalue weighted by molar-refractivity contribution is -0.384. The van der Waals surface area contributed by atoms with Crippen molar-refractivity contribution in [1.82, 2.24) is 19.7 Å². The number of halogens is 1. The number of aromatic nitrogens is 3. The van der Waals surface area contributed by atoms with E-state index >= 15 is 0 Å². The van der Waals surface area contributed by atoms with Crippen molar-refractivity contribution in [3.8, 4) is 5.69 Å². The third kappa shape index (κ3) is 5.45. The van der Waals surface area contributed by atoms with Crippen LogP contribution in [0.1, 0.15) is 25.7 Å². The number of thioether (sulfide) groups is 1. The van der Waals surface area contributed by atoms with Crippen molar-refractivity contribution < 1.29 is 9.72 Å². The number of hydrogen-bond acceptors (Lipinski definition) is 7. The van der Waals surface area contributed by atoms with Crippen molar-refractivity contribution in [1.29, 1.82) is 0 Å². The van der Waals surface area contributed by atoms with Crippen molar-refractivity contribution in [2.45, 2.75) is 30.3 Å². The zero-order chi connectivity index (χ0) is 23.4. The second-order valence-corrected chi connectivity index (χ2v) is 9.09. The summed E-state index contributed by atoms with van der Waals surface area (Å²) in [6.07, 6.45) is 0. The van der Waals surface area contributed by atoms with E-state index in [2.05, 4.69) is 15.5 Å². The quantitative estimate of drug-likeness (QED) is 0.289. The summed E-state index contributed by atoms with van der Waals surface area (Å²) < 4.78 is 1.91. The topological polar surface area (TPSA) is 106 Å². The standard InChI is InChI=1S/C21H23ClN6O3S/c1-13(26(3)4)19-24-25-21(27(19)17-10-8-15(22)9-11-17)32-14(2)20(29)23-16-6-5-7-18(12-16)28(30)31/h5-14H,1-4H3,(H,23,29). The van der Waals surface area contributed by atoms with E-state index < -0.39 is 10.2 Å². The minimum atomic E-state index is -0.535. The maximum Gasteiger partial charge on any atom is 0.271 e. The van der Waals surface area contributed by atoms with Crippen LogP contribution in [0, 0.1) is 10.1 Å². The van der Waals surface area contributed by atoms with Crippen LogP contribution < -0.4 is 5.32 Å². The van der Waals surface area contributed by atoms with Gasteiger partial charge in [0, 0.05) is 28.5 Å². The zero-order valence-corrected chi connectivity index (χ0v) is 19.6. The van der Waals surface area contributed by atoms with Crippen LogP contribution in [0.25, 0.3) is 5.69 Å². The van der Waals surface area contributed by atoms with E-state index in [4.69, 9.17) is 11.6 Å². The number of carbonyl (C=O) groups excluding carboxylic acids is 1. The fourth-order valence-electron chi connectivity index (χ4n) is 2.84. The molecule has 9 nitrogen and oxygen atoms in total. The van der Waals surface area contributed by atoms with Crippen molar-refractivity contribution in [3.05, 3.63) is 69.5 Å². The number of rotatable bonds is 8. The lowest BCUT2D eigenvalue weighted by Gasteiger charge is -2.21. The summed E-state index contributed by atoms with van der Waals surface area (Å²) in [4.78, 5) is 25.2. The van der Waals surface area contributed by atoms with Crippen LogP contribution in [0.4, 0.5) is 11.4 Å². The number of nitro benzene ring substituents is 1. The van der Waals surface area contributed by atoms with Crippen LogP contribution >= 0.6 is 23.4 Å². The van der Waals surface area contributed by atoms with Gasteiger partial charge in [0.05, 0.1) is 16.2 Å². The minimum absolute atomic E-state index is 0.0264. The lowest BCUT2D eigenvalue weighted by atomic mass is 10.2. The molecule has 3 aromatic rings. The molecule has 11 heteroatoms. The highest BCUT2D eigenvalue weighted by Gasteiger charge is 2.24. The highest BCUT2D eigenvalue weighted by Crippen LogP contribution is 2.30. The summed E-state index contributed by atoms with van der Waals surface area (Å²) in [5.41, 5.74) is 1.10. The summed E-state index contributed by atoms with van der Waals surface area (Å²) in [6, 6.07) is 13.1. The van der Waals surface area contributed by atoms with Crippen molar-refractivity contribution >= 4 is 40.6 Å². The van der Waals surface area contributed by atoms with Crippen molar-refractivity contribution in [2.24, 2.45) is 0 Å². The molecule has 0 aliphatic rings. The van der Waals surface area contributed by atoms with Gasteiger partial charge in [0.25, 0.3) is 5.69 Å². The number of nitrogens with one attached hydrogen (secondary N) is 1. The van der Waals surface area contributed by atoms with E-state index in [1.54, 1.807) is 25.1 Å². The fourth-order valence-corrected chi connectivity index (χ4v) is 3.85. The van der Waals surface area contributed by atoms with Gasteiger partial charge in [0.15, 0.2) is 11.0 Å². The van der Waals surface area contributed by atoms with Crippen molar-refractivity contribution in [2.75, 3.05) is 19.4 Å². The number of carbonyl (C=O) groups is 1. The average Bonchev–Trinajstić information content (AvgIpc) is 3.17. The van der Waals surface area contributed by atoms with Crippen molar-refractivity contribution in [3.63, 3.8) is 0 Å². The van der Waals surface area contributed by atoms with E-state index in [1.807, 2.05) is 42.6 Å². The van der Waals surface area contributed by atoms with Crippen LogP contribution in [-0.4, -0.2) is 49.8 Å². The molecule has 1 N–H and O–H groups in total. The van der Waals surface area contributed by atoms with Gasteiger partial charge >= 0.3 is 0 Å². The van der Waals surface area contributed by atoms with E-state index in [1.165, 1.54) is 30.0 Å². The van der Waals surface area contributed by atoms with Gasteiger partial charge in [0.2, 0.25) is 5.91 Å². The van der Waals surface area contributed by atoms with Crippen LogP contribution in [0.3, 0.4) is 0 Å². The van der Waals surface area contributed by atoms with Crippen LogP contribution in [0.5, 0.6) is 0 Å². The number of amides is 1. The molecule has 168 valence electrons. The van der Waals surface area contributed by atoms with Gasteiger partial charge in [-0.1, -0.05) is 29.4 Å².